The number of nitrogens with two attached hydrogens (primary N) is 1. The highest BCUT2D eigenvalue weighted by molar-refractivity contribution is 5.89. The standard InChI is InChI=1S/C16H22N2O3/c1-20-12-3-4-14(21-2)13(9-12)11-5-8-18(10-11)15(19)16(17)6-7-16/h3-4,9,11H,5-8,10,17H2,1-2H3/t11-/m1/s1. The topological polar surface area (TPSA) is 64.8 Å². The molecule has 1 aliphatic heterocycles. The van der Waals surface area contributed by atoms with Crippen LogP contribution >= 0.6 is 0 Å². The predicted octanol–water partition coefficient (Wildman–Crippen LogP) is 1.51. The minimum absolute atomic E-state index is 0.104. The van der Waals surface area contributed by atoms with Crippen LogP contribution in [0.2, 0.25) is 0 Å². The Morgan fingerprint density at radius 2 is 2.10 bits per heavy atom. The molecule has 0 aromatic heterocycles. The average Bonchev–Trinajstić information content (AvgIpc) is 3.08. The van der Waals surface area contributed by atoms with E-state index in [-0.39, 0.29) is 11.8 Å². The molecule has 0 unspecified atom stereocenters. The van der Waals surface area contributed by atoms with Gasteiger partial charge in [-0.05, 0) is 37.5 Å². The molecule has 2 aliphatic rings. The molecule has 5 nitrogen and oxygen atoms in total. The number of ether oxygens (including phenoxy) is 2. The van der Waals surface area contributed by atoms with E-state index >= 15 is 0 Å². The predicted molar refractivity (Wildman–Crippen MR) is 79.6 cm³/mol. The molecule has 1 atom stereocenters. The summed E-state index contributed by atoms with van der Waals surface area (Å²) in [5.74, 6) is 2.05. The van der Waals surface area contributed by atoms with Crippen LogP contribution in [-0.4, -0.2) is 43.7 Å². The number of benzene rings is 1. The van der Waals surface area contributed by atoms with Crippen LogP contribution in [0.5, 0.6) is 11.5 Å². The largest absolute Gasteiger partial charge is 0.497 e. The molecule has 1 aromatic carbocycles. The van der Waals surface area contributed by atoms with Gasteiger partial charge in [0.05, 0.1) is 19.8 Å². The SMILES string of the molecule is COc1ccc(OC)c([C@@H]2CCN(C(=O)C3(N)CC3)C2)c1. The molecule has 21 heavy (non-hydrogen) atoms. The molecule has 1 aliphatic carbocycles. The van der Waals surface area contributed by atoms with Crippen molar-refractivity contribution in [3.05, 3.63) is 23.8 Å². The van der Waals surface area contributed by atoms with Gasteiger partial charge in [-0.2, -0.15) is 0 Å². The average molecular weight is 290 g/mol. The summed E-state index contributed by atoms with van der Waals surface area (Å²) < 4.78 is 10.7. The van der Waals surface area contributed by atoms with E-state index in [1.54, 1.807) is 14.2 Å². The van der Waals surface area contributed by atoms with E-state index in [2.05, 4.69) is 0 Å². The van der Waals surface area contributed by atoms with Crippen LogP contribution in [-0.2, 0) is 4.79 Å². The number of hydrogen-bond donors (Lipinski definition) is 1. The third-order valence-corrected chi connectivity index (χ3v) is 4.57. The molecule has 1 amide bonds. The normalized spacial score (nSPS) is 23.0. The molecule has 1 aromatic rings. The van der Waals surface area contributed by atoms with Crippen LogP contribution in [0.3, 0.4) is 0 Å². The summed E-state index contributed by atoms with van der Waals surface area (Å²) in [4.78, 5) is 14.2. The van der Waals surface area contributed by atoms with Crippen LogP contribution in [0.4, 0.5) is 0 Å². The van der Waals surface area contributed by atoms with Crippen LogP contribution in [0.15, 0.2) is 18.2 Å². The molecule has 1 heterocycles. The monoisotopic (exact) mass is 290 g/mol. The molecule has 0 spiro atoms. The van der Waals surface area contributed by atoms with Crippen molar-refractivity contribution in [1.82, 2.24) is 4.90 Å². The Morgan fingerprint density at radius 3 is 2.71 bits per heavy atom. The number of carbonyl (C=O) groups excluding carboxylic acids is 1. The Kier molecular flexibility index (Phi) is 3.53. The minimum Gasteiger partial charge on any atom is -0.497 e. The molecule has 2 fully saturated rings. The summed E-state index contributed by atoms with van der Waals surface area (Å²) in [6.07, 6.45) is 2.57. The Labute approximate surface area is 125 Å². The lowest BCUT2D eigenvalue weighted by Gasteiger charge is -2.21. The van der Waals surface area contributed by atoms with Crippen LogP contribution < -0.4 is 15.2 Å². The van der Waals surface area contributed by atoms with E-state index in [1.165, 1.54) is 0 Å². The van der Waals surface area contributed by atoms with Gasteiger partial charge in [0.1, 0.15) is 11.5 Å². The highest BCUT2D eigenvalue weighted by Gasteiger charge is 2.49. The first kappa shape index (κ1) is 14.2. The van der Waals surface area contributed by atoms with Gasteiger partial charge in [-0.1, -0.05) is 0 Å². The second kappa shape index (κ2) is 5.22. The second-order valence-corrected chi connectivity index (χ2v) is 6.00. The third-order valence-electron chi connectivity index (χ3n) is 4.57. The zero-order chi connectivity index (χ0) is 15.0. The Hall–Kier alpha value is -1.75. The minimum atomic E-state index is -0.576. The molecule has 1 saturated carbocycles. The lowest BCUT2D eigenvalue weighted by molar-refractivity contribution is -0.132. The van der Waals surface area contributed by atoms with Crippen molar-refractivity contribution >= 4 is 5.91 Å². The summed E-state index contributed by atoms with van der Waals surface area (Å²) in [6.45, 7) is 1.48. The molecular formula is C16H22N2O3. The summed E-state index contributed by atoms with van der Waals surface area (Å²) in [7, 11) is 3.32. The quantitative estimate of drug-likeness (QED) is 0.913. The fraction of sp³-hybridized carbons (Fsp3) is 0.562. The number of rotatable bonds is 4. The molecule has 1 saturated heterocycles. The van der Waals surface area contributed by atoms with Gasteiger partial charge >= 0.3 is 0 Å². The van der Waals surface area contributed by atoms with Crippen molar-refractivity contribution in [3.63, 3.8) is 0 Å². The maximum absolute atomic E-state index is 12.3. The maximum atomic E-state index is 12.3. The Bertz CT molecular complexity index is 554. The van der Waals surface area contributed by atoms with Crippen molar-refractivity contribution in [1.29, 1.82) is 0 Å². The van der Waals surface area contributed by atoms with E-state index in [9.17, 15) is 4.79 Å². The second-order valence-electron chi connectivity index (χ2n) is 6.00. The zero-order valence-corrected chi connectivity index (χ0v) is 12.6. The van der Waals surface area contributed by atoms with E-state index in [4.69, 9.17) is 15.2 Å². The van der Waals surface area contributed by atoms with Gasteiger partial charge in [0.25, 0.3) is 0 Å². The van der Waals surface area contributed by atoms with Crippen LogP contribution in [0, 0.1) is 0 Å². The van der Waals surface area contributed by atoms with E-state index in [0.717, 1.165) is 42.9 Å². The Morgan fingerprint density at radius 1 is 1.33 bits per heavy atom. The summed E-state index contributed by atoms with van der Waals surface area (Å²) in [5.41, 5.74) is 6.55. The van der Waals surface area contributed by atoms with Crippen LogP contribution in [0.1, 0.15) is 30.7 Å². The van der Waals surface area contributed by atoms with E-state index in [1.807, 2.05) is 23.1 Å². The zero-order valence-electron chi connectivity index (χ0n) is 12.6. The number of hydrogen-bond acceptors (Lipinski definition) is 4. The first-order valence-corrected chi connectivity index (χ1v) is 7.37. The lowest BCUT2D eigenvalue weighted by Crippen LogP contribution is -2.44. The number of methoxy groups -OCH3 is 2. The van der Waals surface area contributed by atoms with Crippen LogP contribution in [0.25, 0.3) is 0 Å². The van der Waals surface area contributed by atoms with Crippen molar-refractivity contribution < 1.29 is 14.3 Å². The molecule has 2 N–H and O–H groups in total. The Balaban J connectivity index is 1.78. The number of carbonyl (C=O) groups is 1. The highest BCUT2D eigenvalue weighted by atomic mass is 16.5. The van der Waals surface area contributed by atoms with Crippen molar-refractivity contribution in [2.75, 3.05) is 27.3 Å². The van der Waals surface area contributed by atoms with Gasteiger partial charge in [0, 0.05) is 24.6 Å². The molecule has 5 heteroatoms. The fourth-order valence-corrected chi connectivity index (χ4v) is 3.02. The summed E-state index contributed by atoms with van der Waals surface area (Å²) in [6, 6.07) is 5.82. The van der Waals surface area contributed by atoms with Gasteiger partial charge in [-0.3, -0.25) is 4.79 Å². The van der Waals surface area contributed by atoms with Crippen molar-refractivity contribution in [2.24, 2.45) is 5.73 Å². The molecule has 114 valence electrons. The summed E-state index contributed by atoms with van der Waals surface area (Å²) in [5, 5.41) is 0. The van der Waals surface area contributed by atoms with Gasteiger partial charge < -0.3 is 20.1 Å². The fourth-order valence-electron chi connectivity index (χ4n) is 3.02. The first-order chi connectivity index (χ1) is 10.1. The van der Waals surface area contributed by atoms with Gasteiger partial charge in [0.15, 0.2) is 0 Å². The van der Waals surface area contributed by atoms with Crippen molar-refractivity contribution in [3.8, 4) is 11.5 Å². The smallest absolute Gasteiger partial charge is 0.242 e. The number of amides is 1. The van der Waals surface area contributed by atoms with Gasteiger partial charge in [-0.15, -0.1) is 0 Å². The van der Waals surface area contributed by atoms with Gasteiger partial charge in [0.2, 0.25) is 5.91 Å². The molecular weight excluding hydrogens is 268 g/mol. The molecule has 3 rings (SSSR count). The lowest BCUT2D eigenvalue weighted by atomic mass is 9.97. The molecule has 0 bridgehead atoms. The highest BCUT2D eigenvalue weighted by Crippen LogP contribution is 2.39. The maximum Gasteiger partial charge on any atom is 0.242 e. The number of nitrogens with zero attached hydrogens (tertiary/aromatic N) is 1. The van der Waals surface area contributed by atoms with E-state index < -0.39 is 5.54 Å². The van der Waals surface area contributed by atoms with E-state index in [0.29, 0.717) is 6.54 Å². The summed E-state index contributed by atoms with van der Waals surface area (Å²) >= 11 is 0. The molecule has 0 radical (unpaired) electrons. The first-order valence-electron chi connectivity index (χ1n) is 7.37. The number of likely N-dealkylation sites (tertiary alicyclic amines) is 1. The van der Waals surface area contributed by atoms with Crippen molar-refractivity contribution in [2.45, 2.75) is 30.7 Å². The van der Waals surface area contributed by atoms with Gasteiger partial charge in [-0.25, -0.2) is 0 Å². The third kappa shape index (κ3) is 2.58.